The monoisotopic (exact) mass is 228 g/mol. The molecule has 0 spiro atoms. The second-order valence-corrected chi connectivity index (χ2v) is 4.52. The summed E-state index contributed by atoms with van der Waals surface area (Å²) in [7, 11) is 0. The van der Waals surface area contributed by atoms with Crippen LogP contribution in [0.5, 0.6) is 5.75 Å². The van der Waals surface area contributed by atoms with Crippen molar-refractivity contribution in [3.8, 4) is 5.75 Å². The number of fused-ring (bicyclic) bond motifs is 1. The van der Waals surface area contributed by atoms with E-state index in [1.165, 1.54) is 10.8 Å². The van der Waals surface area contributed by atoms with Crippen molar-refractivity contribution in [1.29, 1.82) is 0 Å². The third-order valence-corrected chi connectivity index (χ3v) is 3.25. The minimum Gasteiger partial charge on any atom is -0.493 e. The van der Waals surface area contributed by atoms with Crippen LogP contribution < -0.4 is 4.74 Å². The van der Waals surface area contributed by atoms with E-state index in [4.69, 9.17) is 9.47 Å². The molecule has 0 radical (unpaired) electrons. The fraction of sp³-hybridized carbons (Fsp3) is 0.333. The van der Waals surface area contributed by atoms with Crippen molar-refractivity contribution in [1.82, 2.24) is 0 Å². The predicted molar refractivity (Wildman–Crippen MR) is 68.4 cm³/mol. The Balaban J connectivity index is 1.79. The Morgan fingerprint density at radius 3 is 2.88 bits per heavy atom. The fourth-order valence-electron chi connectivity index (χ4n) is 2.24. The van der Waals surface area contributed by atoms with E-state index in [1.54, 1.807) is 0 Å². The molecule has 1 aliphatic rings. The van der Waals surface area contributed by atoms with Crippen molar-refractivity contribution in [3.63, 3.8) is 0 Å². The first-order chi connectivity index (χ1) is 8.43. The standard InChI is InChI=1S/C15H16O2/c1-2-6-14-13(4-1)5-3-7-15(14)17-11-12-8-9-16-10-12/h1-7,12H,8-11H2. The van der Waals surface area contributed by atoms with Crippen LogP contribution in [0.4, 0.5) is 0 Å². The second kappa shape index (κ2) is 4.76. The van der Waals surface area contributed by atoms with Gasteiger partial charge in [-0.3, -0.25) is 0 Å². The molecule has 1 unspecified atom stereocenters. The molecule has 2 aromatic rings. The highest BCUT2D eigenvalue weighted by Gasteiger charge is 2.16. The highest BCUT2D eigenvalue weighted by atomic mass is 16.5. The Kier molecular flexibility index (Phi) is 2.97. The maximum Gasteiger partial charge on any atom is 0.127 e. The summed E-state index contributed by atoms with van der Waals surface area (Å²) < 4.78 is 11.3. The van der Waals surface area contributed by atoms with Gasteiger partial charge in [-0.1, -0.05) is 36.4 Å². The summed E-state index contributed by atoms with van der Waals surface area (Å²) >= 11 is 0. The van der Waals surface area contributed by atoms with Crippen LogP contribution >= 0.6 is 0 Å². The van der Waals surface area contributed by atoms with E-state index in [2.05, 4.69) is 24.3 Å². The van der Waals surface area contributed by atoms with Crippen LogP contribution in [0.25, 0.3) is 10.8 Å². The maximum atomic E-state index is 5.92. The molecule has 1 heterocycles. The van der Waals surface area contributed by atoms with Crippen LogP contribution in [0.2, 0.25) is 0 Å². The number of rotatable bonds is 3. The van der Waals surface area contributed by atoms with Gasteiger partial charge in [-0.25, -0.2) is 0 Å². The lowest BCUT2D eigenvalue weighted by Crippen LogP contribution is -2.11. The van der Waals surface area contributed by atoms with E-state index in [9.17, 15) is 0 Å². The smallest absolute Gasteiger partial charge is 0.127 e. The van der Waals surface area contributed by atoms with Crippen LogP contribution in [0.3, 0.4) is 0 Å². The highest BCUT2D eigenvalue weighted by molar-refractivity contribution is 5.88. The van der Waals surface area contributed by atoms with E-state index < -0.39 is 0 Å². The molecule has 1 aliphatic heterocycles. The van der Waals surface area contributed by atoms with Crippen molar-refractivity contribution in [2.75, 3.05) is 19.8 Å². The lowest BCUT2D eigenvalue weighted by atomic mass is 10.1. The van der Waals surface area contributed by atoms with E-state index in [0.717, 1.165) is 32.0 Å². The Morgan fingerprint density at radius 1 is 1.12 bits per heavy atom. The molecule has 2 heteroatoms. The first kappa shape index (κ1) is 10.6. The SMILES string of the molecule is c1ccc2c(OCC3CCOC3)cccc2c1. The molecule has 17 heavy (non-hydrogen) atoms. The molecule has 88 valence electrons. The van der Waals surface area contributed by atoms with Crippen molar-refractivity contribution in [2.24, 2.45) is 5.92 Å². The molecule has 2 aromatic carbocycles. The Bertz CT molecular complexity index is 496. The van der Waals surface area contributed by atoms with Gasteiger partial charge in [-0.15, -0.1) is 0 Å². The average molecular weight is 228 g/mol. The number of benzene rings is 2. The van der Waals surface area contributed by atoms with Gasteiger partial charge in [0.1, 0.15) is 5.75 Å². The Morgan fingerprint density at radius 2 is 2.00 bits per heavy atom. The minimum absolute atomic E-state index is 0.550. The predicted octanol–water partition coefficient (Wildman–Crippen LogP) is 3.26. The van der Waals surface area contributed by atoms with Crippen LogP contribution in [-0.4, -0.2) is 19.8 Å². The second-order valence-electron chi connectivity index (χ2n) is 4.52. The first-order valence-corrected chi connectivity index (χ1v) is 6.12. The van der Waals surface area contributed by atoms with Gasteiger partial charge in [-0.2, -0.15) is 0 Å². The lowest BCUT2D eigenvalue weighted by Gasteiger charge is -2.12. The Labute approximate surface area is 101 Å². The van der Waals surface area contributed by atoms with Crippen LogP contribution in [0.15, 0.2) is 42.5 Å². The quantitative estimate of drug-likeness (QED) is 0.802. The zero-order valence-electron chi connectivity index (χ0n) is 9.76. The van der Waals surface area contributed by atoms with Gasteiger partial charge in [0, 0.05) is 17.9 Å². The van der Waals surface area contributed by atoms with Gasteiger partial charge in [0.15, 0.2) is 0 Å². The molecule has 1 fully saturated rings. The van der Waals surface area contributed by atoms with Crippen molar-refractivity contribution in [2.45, 2.75) is 6.42 Å². The van der Waals surface area contributed by atoms with Gasteiger partial charge in [-0.05, 0) is 17.9 Å². The zero-order chi connectivity index (χ0) is 11.5. The molecule has 1 atom stereocenters. The third-order valence-electron chi connectivity index (χ3n) is 3.25. The number of hydrogen-bond acceptors (Lipinski definition) is 2. The summed E-state index contributed by atoms with van der Waals surface area (Å²) in [6.45, 7) is 2.47. The molecular formula is C15H16O2. The average Bonchev–Trinajstić information content (AvgIpc) is 2.89. The Hall–Kier alpha value is -1.54. The summed E-state index contributed by atoms with van der Waals surface area (Å²) in [6.07, 6.45) is 1.12. The number of hydrogen-bond donors (Lipinski definition) is 0. The van der Waals surface area contributed by atoms with Crippen molar-refractivity contribution in [3.05, 3.63) is 42.5 Å². The zero-order valence-corrected chi connectivity index (χ0v) is 9.76. The topological polar surface area (TPSA) is 18.5 Å². The van der Waals surface area contributed by atoms with E-state index >= 15 is 0 Å². The number of ether oxygens (including phenoxy) is 2. The first-order valence-electron chi connectivity index (χ1n) is 6.12. The molecule has 0 saturated carbocycles. The summed E-state index contributed by atoms with van der Waals surface area (Å²) in [5.41, 5.74) is 0. The summed E-state index contributed by atoms with van der Waals surface area (Å²) in [4.78, 5) is 0. The molecular weight excluding hydrogens is 212 g/mol. The van der Waals surface area contributed by atoms with E-state index in [0.29, 0.717) is 5.92 Å². The maximum absolute atomic E-state index is 5.92. The van der Waals surface area contributed by atoms with Gasteiger partial charge >= 0.3 is 0 Å². The van der Waals surface area contributed by atoms with Gasteiger partial charge in [0.05, 0.1) is 13.2 Å². The molecule has 0 aliphatic carbocycles. The van der Waals surface area contributed by atoms with Gasteiger partial charge < -0.3 is 9.47 Å². The van der Waals surface area contributed by atoms with E-state index in [1.807, 2.05) is 18.2 Å². The highest BCUT2D eigenvalue weighted by Crippen LogP contribution is 2.26. The largest absolute Gasteiger partial charge is 0.493 e. The molecule has 0 aromatic heterocycles. The summed E-state index contributed by atoms with van der Waals surface area (Å²) in [6, 6.07) is 14.5. The minimum atomic E-state index is 0.550. The van der Waals surface area contributed by atoms with Crippen LogP contribution in [-0.2, 0) is 4.74 Å². The van der Waals surface area contributed by atoms with E-state index in [-0.39, 0.29) is 0 Å². The van der Waals surface area contributed by atoms with Crippen LogP contribution in [0.1, 0.15) is 6.42 Å². The molecule has 1 saturated heterocycles. The van der Waals surface area contributed by atoms with Gasteiger partial charge in [0.2, 0.25) is 0 Å². The molecule has 0 amide bonds. The van der Waals surface area contributed by atoms with Crippen LogP contribution in [0, 0.1) is 5.92 Å². The fourth-order valence-corrected chi connectivity index (χ4v) is 2.24. The summed E-state index contributed by atoms with van der Waals surface area (Å²) in [5.74, 6) is 1.53. The molecule has 0 bridgehead atoms. The normalized spacial score (nSPS) is 19.6. The molecule has 0 N–H and O–H groups in total. The summed E-state index contributed by atoms with van der Waals surface area (Å²) in [5, 5.41) is 2.42. The lowest BCUT2D eigenvalue weighted by molar-refractivity contribution is 0.167. The molecule has 2 nitrogen and oxygen atoms in total. The van der Waals surface area contributed by atoms with Crippen molar-refractivity contribution < 1.29 is 9.47 Å². The molecule has 3 rings (SSSR count). The van der Waals surface area contributed by atoms with Gasteiger partial charge in [0.25, 0.3) is 0 Å². The third kappa shape index (κ3) is 2.27. The van der Waals surface area contributed by atoms with Crippen molar-refractivity contribution >= 4 is 10.8 Å².